The van der Waals surface area contributed by atoms with Gasteiger partial charge in [-0.05, 0) is 43.0 Å². The molecule has 17 heavy (non-hydrogen) atoms. The second-order valence-electron chi connectivity index (χ2n) is 5.07. The molecule has 0 aliphatic rings. The third kappa shape index (κ3) is 4.82. The van der Waals surface area contributed by atoms with Gasteiger partial charge < -0.3 is 5.32 Å². The second-order valence-corrected chi connectivity index (χ2v) is 5.07. The maximum atomic E-state index is 13.4. The summed E-state index contributed by atoms with van der Waals surface area (Å²) in [6, 6.07) is 4.36. The maximum absolute atomic E-state index is 13.4. The van der Waals surface area contributed by atoms with Gasteiger partial charge in [0.1, 0.15) is 0 Å². The van der Waals surface area contributed by atoms with Crippen LogP contribution in [0.25, 0.3) is 0 Å². The minimum atomic E-state index is -0.759. The van der Waals surface area contributed by atoms with Gasteiger partial charge >= 0.3 is 0 Å². The fourth-order valence-corrected chi connectivity index (χ4v) is 1.77. The first-order valence-corrected chi connectivity index (χ1v) is 6.14. The van der Waals surface area contributed by atoms with E-state index < -0.39 is 11.6 Å². The number of benzene rings is 1. The van der Waals surface area contributed by atoms with Gasteiger partial charge in [-0.1, -0.05) is 32.9 Å². The first-order valence-electron chi connectivity index (χ1n) is 6.14. The molecule has 96 valence electrons. The Morgan fingerprint density at radius 2 is 1.82 bits per heavy atom. The van der Waals surface area contributed by atoms with Crippen LogP contribution in [0.15, 0.2) is 18.2 Å². The van der Waals surface area contributed by atoms with Crippen LogP contribution in [0.5, 0.6) is 0 Å². The third-order valence-electron chi connectivity index (χ3n) is 2.65. The number of hydrogen-bond acceptors (Lipinski definition) is 1. The molecule has 0 saturated carbocycles. The Balaban J connectivity index is 2.45. The van der Waals surface area contributed by atoms with Crippen LogP contribution in [0.3, 0.4) is 0 Å². The maximum Gasteiger partial charge on any atom is 0.162 e. The van der Waals surface area contributed by atoms with E-state index >= 15 is 0 Å². The molecule has 0 heterocycles. The lowest BCUT2D eigenvalue weighted by Gasteiger charge is -2.14. The van der Waals surface area contributed by atoms with Gasteiger partial charge in [0.15, 0.2) is 11.6 Å². The zero-order valence-electron chi connectivity index (χ0n) is 10.8. The molecule has 0 spiro atoms. The molecule has 0 aliphatic heterocycles. The van der Waals surface area contributed by atoms with Crippen LogP contribution in [-0.4, -0.2) is 13.1 Å². The number of rotatable bonds is 6. The SMILES string of the molecule is CC(C)CNCC(C)Cc1cccc(F)c1F. The van der Waals surface area contributed by atoms with E-state index in [0.717, 1.165) is 19.2 Å². The topological polar surface area (TPSA) is 12.0 Å². The van der Waals surface area contributed by atoms with Crippen molar-refractivity contribution in [3.8, 4) is 0 Å². The van der Waals surface area contributed by atoms with Crippen molar-refractivity contribution in [2.45, 2.75) is 27.2 Å². The Labute approximate surface area is 102 Å². The minimum Gasteiger partial charge on any atom is -0.316 e. The lowest BCUT2D eigenvalue weighted by Crippen LogP contribution is -2.26. The molecule has 1 rings (SSSR count). The van der Waals surface area contributed by atoms with Crippen molar-refractivity contribution >= 4 is 0 Å². The standard InChI is InChI=1S/C14H21F2N/c1-10(2)8-17-9-11(3)7-12-5-4-6-13(15)14(12)16/h4-6,10-11,17H,7-9H2,1-3H3. The van der Waals surface area contributed by atoms with Gasteiger partial charge in [-0.15, -0.1) is 0 Å². The molecule has 0 aliphatic carbocycles. The molecule has 1 aromatic carbocycles. The van der Waals surface area contributed by atoms with Gasteiger partial charge in [-0.3, -0.25) is 0 Å². The number of nitrogens with one attached hydrogen (secondary N) is 1. The first kappa shape index (κ1) is 14.1. The molecule has 1 atom stereocenters. The van der Waals surface area contributed by atoms with Gasteiger partial charge in [0.25, 0.3) is 0 Å². The molecule has 3 heteroatoms. The summed E-state index contributed by atoms with van der Waals surface area (Å²) in [5, 5.41) is 3.32. The molecule has 0 bridgehead atoms. The Bertz CT molecular complexity index is 350. The van der Waals surface area contributed by atoms with E-state index in [1.54, 1.807) is 12.1 Å². The molecular weight excluding hydrogens is 220 g/mol. The Hall–Kier alpha value is -0.960. The Morgan fingerprint density at radius 3 is 2.47 bits per heavy atom. The van der Waals surface area contributed by atoms with E-state index in [4.69, 9.17) is 0 Å². The van der Waals surface area contributed by atoms with Gasteiger partial charge in [0.2, 0.25) is 0 Å². The van der Waals surface area contributed by atoms with Crippen molar-refractivity contribution in [1.29, 1.82) is 0 Å². The molecule has 1 nitrogen and oxygen atoms in total. The highest BCUT2D eigenvalue weighted by molar-refractivity contribution is 5.19. The Morgan fingerprint density at radius 1 is 1.12 bits per heavy atom. The molecule has 0 saturated heterocycles. The fraction of sp³-hybridized carbons (Fsp3) is 0.571. The molecular formula is C14H21F2N. The smallest absolute Gasteiger partial charge is 0.162 e. The average molecular weight is 241 g/mol. The van der Waals surface area contributed by atoms with E-state index in [2.05, 4.69) is 19.2 Å². The summed E-state index contributed by atoms with van der Waals surface area (Å²) in [7, 11) is 0. The molecule has 1 aromatic rings. The predicted octanol–water partition coefficient (Wildman–Crippen LogP) is 3.39. The highest BCUT2D eigenvalue weighted by atomic mass is 19.2. The highest BCUT2D eigenvalue weighted by Gasteiger charge is 2.11. The fourth-order valence-electron chi connectivity index (χ4n) is 1.77. The Kier molecular flexibility index (Phi) is 5.56. The zero-order chi connectivity index (χ0) is 12.8. The quantitative estimate of drug-likeness (QED) is 0.805. The van der Waals surface area contributed by atoms with Crippen LogP contribution in [0.4, 0.5) is 8.78 Å². The van der Waals surface area contributed by atoms with Crippen LogP contribution >= 0.6 is 0 Å². The molecule has 0 aromatic heterocycles. The van der Waals surface area contributed by atoms with Crippen LogP contribution in [0.1, 0.15) is 26.3 Å². The summed E-state index contributed by atoms with van der Waals surface area (Å²) < 4.78 is 26.4. The van der Waals surface area contributed by atoms with Gasteiger partial charge in [-0.25, -0.2) is 8.78 Å². The minimum absolute atomic E-state index is 0.296. The molecule has 1 N–H and O–H groups in total. The third-order valence-corrected chi connectivity index (χ3v) is 2.65. The number of halogens is 2. The van der Waals surface area contributed by atoms with Gasteiger partial charge in [-0.2, -0.15) is 0 Å². The second kappa shape index (κ2) is 6.70. The summed E-state index contributed by atoms with van der Waals surface area (Å²) in [4.78, 5) is 0. The highest BCUT2D eigenvalue weighted by Crippen LogP contribution is 2.15. The van der Waals surface area contributed by atoms with E-state index in [0.29, 0.717) is 23.8 Å². The zero-order valence-corrected chi connectivity index (χ0v) is 10.8. The average Bonchev–Trinajstić information content (AvgIpc) is 2.24. The first-order chi connectivity index (χ1) is 8.00. The van der Waals surface area contributed by atoms with Crippen molar-refractivity contribution in [2.24, 2.45) is 11.8 Å². The summed E-state index contributed by atoms with van der Waals surface area (Å²) >= 11 is 0. The van der Waals surface area contributed by atoms with Crippen molar-refractivity contribution in [1.82, 2.24) is 5.32 Å². The van der Waals surface area contributed by atoms with E-state index in [1.165, 1.54) is 0 Å². The molecule has 0 amide bonds. The summed E-state index contributed by atoms with van der Waals surface area (Å²) in [5.74, 6) is -0.564. The van der Waals surface area contributed by atoms with Crippen molar-refractivity contribution in [3.05, 3.63) is 35.4 Å². The van der Waals surface area contributed by atoms with Crippen molar-refractivity contribution < 1.29 is 8.78 Å². The normalized spacial score (nSPS) is 13.1. The summed E-state index contributed by atoms with van der Waals surface area (Å²) in [6.45, 7) is 8.11. The van der Waals surface area contributed by atoms with Crippen molar-refractivity contribution in [3.63, 3.8) is 0 Å². The van der Waals surface area contributed by atoms with Gasteiger partial charge in [0.05, 0.1) is 0 Å². The van der Waals surface area contributed by atoms with Gasteiger partial charge in [0, 0.05) is 0 Å². The van der Waals surface area contributed by atoms with E-state index in [9.17, 15) is 8.78 Å². The lowest BCUT2D eigenvalue weighted by atomic mass is 10.0. The van der Waals surface area contributed by atoms with E-state index in [1.807, 2.05) is 6.92 Å². The van der Waals surface area contributed by atoms with Crippen molar-refractivity contribution in [2.75, 3.05) is 13.1 Å². The number of hydrogen-bond donors (Lipinski definition) is 1. The predicted molar refractivity (Wildman–Crippen MR) is 66.9 cm³/mol. The largest absolute Gasteiger partial charge is 0.316 e. The van der Waals surface area contributed by atoms with Crippen LogP contribution in [0.2, 0.25) is 0 Å². The van der Waals surface area contributed by atoms with Crippen LogP contribution in [0, 0.1) is 23.5 Å². The lowest BCUT2D eigenvalue weighted by molar-refractivity contribution is 0.454. The molecule has 0 fully saturated rings. The summed E-state index contributed by atoms with van der Waals surface area (Å²) in [5.41, 5.74) is 0.462. The van der Waals surface area contributed by atoms with Crippen LogP contribution in [-0.2, 0) is 6.42 Å². The van der Waals surface area contributed by atoms with Crippen LogP contribution < -0.4 is 5.32 Å². The molecule has 0 radical (unpaired) electrons. The molecule has 1 unspecified atom stereocenters. The monoisotopic (exact) mass is 241 g/mol. The summed E-state index contributed by atoms with van der Waals surface area (Å²) in [6.07, 6.45) is 0.564. The van der Waals surface area contributed by atoms with E-state index in [-0.39, 0.29) is 0 Å².